The van der Waals surface area contributed by atoms with Crippen molar-refractivity contribution in [1.29, 1.82) is 0 Å². The van der Waals surface area contributed by atoms with E-state index in [0.29, 0.717) is 34.7 Å². The van der Waals surface area contributed by atoms with E-state index in [4.69, 9.17) is 9.88 Å². The number of halogens is 2. The number of nitrogens with zero attached hydrogens (tertiary/aromatic N) is 4. The molecule has 0 spiro atoms. The molecule has 0 aliphatic heterocycles. The summed E-state index contributed by atoms with van der Waals surface area (Å²) in [5, 5.41) is 5.70. The Morgan fingerprint density at radius 3 is 2.43 bits per heavy atom. The Morgan fingerprint density at radius 1 is 1.23 bits per heavy atom. The van der Waals surface area contributed by atoms with Crippen LogP contribution in [0.15, 0.2) is 35.4 Å². The monoisotopic (exact) mass is 435 g/mol. The molecule has 8 nitrogen and oxygen atoms in total. The van der Waals surface area contributed by atoms with Crippen LogP contribution in [0.25, 0.3) is 11.0 Å². The summed E-state index contributed by atoms with van der Waals surface area (Å²) in [5.74, 6) is -1.58. The van der Waals surface area contributed by atoms with Gasteiger partial charge in [0.25, 0.3) is 0 Å². The van der Waals surface area contributed by atoms with Gasteiger partial charge in [0.15, 0.2) is 5.65 Å². The van der Waals surface area contributed by atoms with E-state index in [2.05, 4.69) is 9.97 Å². The highest BCUT2D eigenvalue weighted by Gasteiger charge is 2.22. The first-order valence-electron chi connectivity index (χ1n) is 8.64. The van der Waals surface area contributed by atoms with Crippen LogP contribution >= 0.6 is 0 Å². The summed E-state index contributed by atoms with van der Waals surface area (Å²) in [5.41, 5.74) is 0.853. The molecule has 11 heteroatoms. The number of hydrogen-bond donors (Lipinski definition) is 1. The van der Waals surface area contributed by atoms with Crippen LogP contribution in [0.3, 0.4) is 0 Å². The molecule has 0 bridgehead atoms. The van der Waals surface area contributed by atoms with E-state index >= 15 is 0 Å². The third kappa shape index (κ3) is 4.07. The number of anilines is 2. The number of aromatic nitrogens is 2. The third-order valence-corrected chi connectivity index (χ3v) is 5.14. The maximum atomic E-state index is 14.5. The summed E-state index contributed by atoms with van der Waals surface area (Å²) in [6.07, 6.45) is 1.98. The van der Waals surface area contributed by atoms with Gasteiger partial charge in [-0.25, -0.2) is 23.1 Å². The number of nitrogens with two attached hydrogens (primary N) is 1. The minimum Gasteiger partial charge on any atom is -0.481 e. The molecule has 0 aliphatic rings. The van der Waals surface area contributed by atoms with Crippen LogP contribution in [0.1, 0.15) is 5.56 Å². The van der Waals surface area contributed by atoms with Gasteiger partial charge in [-0.2, -0.15) is 4.98 Å². The van der Waals surface area contributed by atoms with E-state index in [0.717, 1.165) is 17.0 Å². The van der Waals surface area contributed by atoms with Gasteiger partial charge in [-0.1, -0.05) is 0 Å². The molecule has 3 aromatic rings. The second-order valence-corrected chi connectivity index (χ2v) is 7.57. The zero-order valence-corrected chi connectivity index (χ0v) is 17.2. The molecule has 0 saturated heterocycles. The van der Waals surface area contributed by atoms with Crippen molar-refractivity contribution in [1.82, 2.24) is 9.97 Å². The minimum absolute atomic E-state index is 0.189. The van der Waals surface area contributed by atoms with E-state index in [9.17, 15) is 17.8 Å². The molecule has 2 N–H and O–H groups in total. The molecule has 1 unspecified atom stereocenters. The average molecular weight is 435 g/mol. The Morgan fingerprint density at radius 2 is 1.90 bits per heavy atom. The molecule has 0 radical (unpaired) electrons. The van der Waals surface area contributed by atoms with Crippen LogP contribution in [0.4, 0.5) is 20.2 Å². The first-order chi connectivity index (χ1) is 14.3. The average Bonchev–Trinajstić information content (AvgIpc) is 2.72. The van der Waals surface area contributed by atoms with Crippen LogP contribution in [0.5, 0.6) is 5.88 Å². The van der Waals surface area contributed by atoms with Gasteiger partial charge in [-0.05, 0) is 18.2 Å². The Labute approximate surface area is 173 Å². The maximum Gasteiger partial charge on any atom is 0.215 e. The number of fused-ring (bicyclic) bond motifs is 1. The van der Waals surface area contributed by atoms with Crippen LogP contribution in [0, 0.1) is 11.6 Å². The van der Waals surface area contributed by atoms with Gasteiger partial charge >= 0.3 is 0 Å². The molecule has 1 atom stereocenters. The molecule has 1 amide bonds. The predicted molar refractivity (Wildman–Crippen MR) is 110 cm³/mol. The van der Waals surface area contributed by atoms with Gasteiger partial charge in [-0.3, -0.25) is 4.79 Å². The van der Waals surface area contributed by atoms with Crippen LogP contribution < -0.4 is 19.7 Å². The second-order valence-electron chi connectivity index (χ2n) is 6.51. The van der Waals surface area contributed by atoms with E-state index in [1.54, 1.807) is 31.1 Å². The lowest BCUT2D eigenvalue weighted by Gasteiger charge is -2.26. The molecule has 3 rings (SSSR count). The number of hydrogen-bond acceptors (Lipinski definition) is 6. The number of carbonyl (C=O) groups excluding carboxylic acids is 1. The van der Waals surface area contributed by atoms with Gasteiger partial charge in [0.2, 0.25) is 12.3 Å². The zero-order valence-electron chi connectivity index (χ0n) is 16.4. The smallest absolute Gasteiger partial charge is 0.215 e. The van der Waals surface area contributed by atoms with E-state index in [1.165, 1.54) is 13.3 Å². The van der Waals surface area contributed by atoms with Crippen molar-refractivity contribution in [2.24, 2.45) is 5.14 Å². The summed E-state index contributed by atoms with van der Waals surface area (Å²) in [7, 11) is 2.92. The Kier molecular flexibility index (Phi) is 6.22. The highest BCUT2D eigenvalue weighted by molar-refractivity contribution is 7.82. The molecule has 30 heavy (non-hydrogen) atoms. The quantitative estimate of drug-likeness (QED) is 0.571. The number of amides is 1. The lowest BCUT2D eigenvalue weighted by molar-refractivity contribution is -0.107. The lowest BCUT2D eigenvalue weighted by Crippen LogP contribution is -2.25. The molecule has 2 aromatic heterocycles. The first-order valence-corrected chi connectivity index (χ1v) is 9.85. The van der Waals surface area contributed by atoms with Gasteiger partial charge < -0.3 is 14.5 Å². The Bertz CT molecular complexity index is 1120. The maximum absolute atomic E-state index is 14.5. The number of carbonyl (C=O) groups is 1. The topological polar surface area (TPSA) is 102 Å². The Hall–Kier alpha value is -3.18. The number of benzene rings is 1. The summed E-state index contributed by atoms with van der Waals surface area (Å²) < 4.78 is 45.5. The highest BCUT2D eigenvalue weighted by Crippen LogP contribution is 2.36. The Balaban J connectivity index is 2.16. The minimum atomic E-state index is -2.04. The second kappa shape index (κ2) is 8.67. The third-order valence-electron chi connectivity index (χ3n) is 4.44. The number of methoxy groups -OCH3 is 1. The molecule has 1 aromatic carbocycles. The fourth-order valence-corrected chi connectivity index (χ4v) is 3.40. The van der Waals surface area contributed by atoms with Crippen molar-refractivity contribution < 1.29 is 22.5 Å². The lowest BCUT2D eigenvalue weighted by atomic mass is 10.1. The zero-order chi connectivity index (χ0) is 22.0. The predicted octanol–water partition coefficient (Wildman–Crippen LogP) is 2.13. The number of rotatable bonds is 7. The van der Waals surface area contributed by atoms with Gasteiger partial charge in [0.05, 0.1) is 36.1 Å². The van der Waals surface area contributed by atoms with Gasteiger partial charge in [0, 0.05) is 31.1 Å². The summed E-state index contributed by atoms with van der Waals surface area (Å²) in [6, 6.07) is 5.05. The first kappa shape index (κ1) is 21.5. The van der Waals surface area contributed by atoms with Crippen molar-refractivity contribution in [2.75, 3.05) is 31.0 Å². The van der Waals surface area contributed by atoms with Gasteiger partial charge in [-0.15, -0.1) is 0 Å². The molecular weight excluding hydrogens is 416 g/mol. The summed E-state index contributed by atoms with van der Waals surface area (Å²) in [4.78, 5) is 23.2. The van der Waals surface area contributed by atoms with Crippen molar-refractivity contribution in [2.45, 2.75) is 11.4 Å². The largest absolute Gasteiger partial charge is 0.481 e. The molecule has 0 aliphatic carbocycles. The van der Waals surface area contributed by atoms with Crippen molar-refractivity contribution in [3.63, 3.8) is 0 Å². The molecule has 0 saturated carbocycles. The number of ether oxygens (including phenoxy) is 1. The van der Waals surface area contributed by atoms with E-state index in [1.807, 2.05) is 0 Å². The molecule has 0 fully saturated rings. The van der Waals surface area contributed by atoms with Crippen molar-refractivity contribution in [3.8, 4) is 5.88 Å². The molecular formula is C19H19F2N5O3S. The van der Waals surface area contributed by atoms with Crippen LogP contribution in [-0.4, -0.2) is 41.8 Å². The fraction of sp³-hybridized carbons (Fsp3) is 0.211. The van der Waals surface area contributed by atoms with E-state index < -0.39 is 29.2 Å². The van der Waals surface area contributed by atoms with Crippen LogP contribution in [0.2, 0.25) is 0 Å². The molecule has 158 valence electrons. The van der Waals surface area contributed by atoms with Gasteiger partial charge in [0.1, 0.15) is 22.6 Å². The fourth-order valence-electron chi connectivity index (χ4n) is 2.96. The summed E-state index contributed by atoms with van der Waals surface area (Å²) in [6.45, 7) is -0.412. The SMILES string of the molecule is COc1ccc2c(N(C=O)Cc3c(F)cc(S(N)=O)cc3F)c(N(C)C)cnc2n1. The number of pyridine rings is 2. The van der Waals surface area contributed by atoms with Crippen LogP contribution in [-0.2, 0) is 22.3 Å². The normalized spacial score (nSPS) is 11.9. The van der Waals surface area contributed by atoms with Crippen molar-refractivity contribution in [3.05, 3.63) is 47.7 Å². The standard InChI is InChI=1S/C19H19F2N5O3S/c1-25(2)16-8-23-19-12(4-5-17(24-19)29-3)18(16)26(10-27)9-13-14(20)6-11(30(22)28)7-15(13)21/h4-8,10H,9,22H2,1-3H3. The molecule has 2 heterocycles. The van der Waals surface area contributed by atoms with E-state index in [-0.39, 0.29) is 10.5 Å². The highest BCUT2D eigenvalue weighted by atomic mass is 32.2. The van der Waals surface area contributed by atoms with Crippen molar-refractivity contribution >= 4 is 39.8 Å². The summed E-state index contributed by atoms with van der Waals surface area (Å²) >= 11 is 0.